The Hall–Kier alpha value is -2.62. The molecule has 2 N–H and O–H groups in total. The van der Waals surface area contributed by atoms with Crippen LogP contribution in [0.15, 0.2) is 60.7 Å². The van der Waals surface area contributed by atoms with Gasteiger partial charge in [0.2, 0.25) is 0 Å². The highest BCUT2D eigenvalue weighted by Crippen LogP contribution is 2.65. The van der Waals surface area contributed by atoms with Crippen LogP contribution in [0.3, 0.4) is 0 Å². The van der Waals surface area contributed by atoms with Crippen molar-refractivity contribution in [1.82, 2.24) is 10.6 Å². The van der Waals surface area contributed by atoms with Gasteiger partial charge in [0.1, 0.15) is 0 Å². The lowest BCUT2D eigenvalue weighted by molar-refractivity contribution is 0.0781. The fraction of sp³-hybridized carbons (Fsp3) is 0.417. The van der Waals surface area contributed by atoms with Crippen LogP contribution < -0.4 is 10.6 Å². The number of nitrogens with one attached hydrogen (secondary N) is 2. The van der Waals surface area contributed by atoms with Crippen molar-refractivity contribution in [1.29, 1.82) is 0 Å². The topological polar surface area (TPSA) is 58.2 Å². The van der Waals surface area contributed by atoms with Crippen molar-refractivity contribution in [3.8, 4) is 0 Å². The first kappa shape index (κ1) is 18.7. The highest BCUT2D eigenvalue weighted by atomic mass is 16.2. The number of rotatable bonds is 4. The third-order valence-electron chi connectivity index (χ3n) is 7.51. The molecule has 0 radical (unpaired) electrons. The lowest BCUT2D eigenvalue weighted by Crippen LogP contribution is -2.57. The molecule has 0 aliphatic heterocycles. The van der Waals surface area contributed by atoms with Gasteiger partial charge in [0.25, 0.3) is 11.8 Å². The molecule has 0 saturated heterocycles. The van der Waals surface area contributed by atoms with Gasteiger partial charge in [-0.1, -0.05) is 57.2 Å². The zero-order chi connectivity index (χ0) is 19.9. The molecule has 0 spiro atoms. The van der Waals surface area contributed by atoms with Gasteiger partial charge >= 0.3 is 0 Å². The fourth-order valence-corrected chi connectivity index (χ4v) is 5.45. The van der Waals surface area contributed by atoms with Crippen LogP contribution in [0.25, 0.3) is 0 Å². The minimum Gasteiger partial charge on any atom is -0.347 e. The predicted molar refractivity (Wildman–Crippen MR) is 110 cm³/mol. The van der Waals surface area contributed by atoms with Crippen LogP contribution in [-0.2, 0) is 0 Å². The van der Waals surface area contributed by atoms with E-state index in [1.165, 1.54) is 0 Å². The molecule has 146 valence electrons. The molecular weight excluding hydrogens is 348 g/mol. The van der Waals surface area contributed by atoms with E-state index in [1.807, 2.05) is 60.7 Å². The van der Waals surface area contributed by atoms with E-state index in [0.717, 1.165) is 12.8 Å². The van der Waals surface area contributed by atoms with Gasteiger partial charge in [-0.3, -0.25) is 9.59 Å². The largest absolute Gasteiger partial charge is 0.347 e. The van der Waals surface area contributed by atoms with Gasteiger partial charge in [0.15, 0.2) is 0 Å². The molecule has 2 amide bonds. The lowest BCUT2D eigenvalue weighted by atomic mass is 9.69. The number of hydrogen-bond acceptors (Lipinski definition) is 2. The minimum atomic E-state index is -0.0957. The van der Waals surface area contributed by atoms with E-state index in [0.29, 0.717) is 17.0 Å². The van der Waals surface area contributed by atoms with Crippen molar-refractivity contribution in [2.24, 2.45) is 16.7 Å². The smallest absolute Gasteiger partial charge is 0.251 e. The SMILES string of the molecule is CC1(C)[C@H]2CC[C@@]1(C)[C@H](NC(=O)c1ccccc1)[C@H]2NC(=O)c1ccccc1. The van der Waals surface area contributed by atoms with Gasteiger partial charge < -0.3 is 10.6 Å². The molecule has 2 bridgehead atoms. The number of amides is 2. The predicted octanol–water partition coefficient (Wildman–Crippen LogP) is 4.04. The maximum Gasteiger partial charge on any atom is 0.251 e. The van der Waals surface area contributed by atoms with Crippen LogP contribution in [0.2, 0.25) is 0 Å². The summed E-state index contributed by atoms with van der Waals surface area (Å²) in [5.41, 5.74) is 1.29. The van der Waals surface area contributed by atoms with Crippen molar-refractivity contribution >= 4 is 11.8 Å². The molecule has 2 aliphatic rings. The Labute approximate surface area is 166 Å². The van der Waals surface area contributed by atoms with E-state index >= 15 is 0 Å². The second-order valence-electron chi connectivity index (χ2n) is 8.97. The first-order valence-electron chi connectivity index (χ1n) is 10.1. The third-order valence-corrected chi connectivity index (χ3v) is 7.51. The van der Waals surface area contributed by atoms with Gasteiger partial charge in [0.05, 0.1) is 12.1 Å². The zero-order valence-electron chi connectivity index (χ0n) is 16.7. The molecule has 4 heteroatoms. The Morgan fingerprint density at radius 3 is 1.86 bits per heavy atom. The monoisotopic (exact) mass is 376 g/mol. The maximum atomic E-state index is 12.9. The standard InChI is InChI=1S/C24H28N2O2/c1-23(2)18-14-15-24(23,3)20(26-22(28)17-12-8-5-9-13-17)19(18)25-21(27)16-10-6-4-7-11-16/h4-13,18-20H,14-15H2,1-3H3,(H,25,27)(H,26,28)/t18-,19-,20+,24-/m0/s1. The van der Waals surface area contributed by atoms with E-state index in [1.54, 1.807) is 0 Å². The van der Waals surface area contributed by atoms with Crippen LogP contribution in [0.5, 0.6) is 0 Å². The zero-order valence-corrected chi connectivity index (χ0v) is 16.7. The summed E-state index contributed by atoms with van der Waals surface area (Å²) < 4.78 is 0. The average Bonchev–Trinajstić information content (AvgIpc) is 3.02. The summed E-state index contributed by atoms with van der Waals surface area (Å²) in [4.78, 5) is 25.8. The molecule has 28 heavy (non-hydrogen) atoms. The van der Waals surface area contributed by atoms with E-state index in [9.17, 15) is 9.59 Å². The minimum absolute atomic E-state index is 0.0380. The van der Waals surface area contributed by atoms with E-state index in [4.69, 9.17) is 0 Å². The van der Waals surface area contributed by atoms with E-state index in [-0.39, 0.29) is 34.7 Å². The molecule has 0 aromatic heterocycles. The number of carbonyl (C=O) groups excluding carboxylic acids is 2. The second-order valence-corrected chi connectivity index (χ2v) is 8.97. The number of fused-ring (bicyclic) bond motifs is 2. The van der Waals surface area contributed by atoms with Crippen molar-refractivity contribution in [2.75, 3.05) is 0 Å². The summed E-state index contributed by atoms with van der Waals surface area (Å²) in [5.74, 6) is 0.192. The average molecular weight is 377 g/mol. The molecule has 0 heterocycles. The van der Waals surface area contributed by atoms with Gasteiger partial charge in [-0.05, 0) is 53.9 Å². The van der Waals surface area contributed by atoms with Crippen LogP contribution in [0, 0.1) is 16.7 Å². The molecule has 2 fully saturated rings. The molecule has 4 rings (SSSR count). The van der Waals surface area contributed by atoms with Crippen LogP contribution in [0.1, 0.15) is 54.3 Å². The van der Waals surface area contributed by atoms with E-state index < -0.39 is 0 Å². The summed E-state index contributed by atoms with van der Waals surface area (Å²) >= 11 is 0. The summed E-state index contributed by atoms with van der Waals surface area (Å²) in [6.07, 6.45) is 2.13. The van der Waals surface area contributed by atoms with Gasteiger partial charge in [0, 0.05) is 11.1 Å². The van der Waals surface area contributed by atoms with Crippen molar-refractivity contribution in [3.63, 3.8) is 0 Å². The molecule has 4 nitrogen and oxygen atoms in total. The first-order valence-corrected chi connectivity index (χ1v) is 10.1. The third kappa shape index (κ3) is 2.83. The Kier molecular flexibility index (Phi) is 4.53. The lowest BCUT2D eigenvalue weighted by Gasteiger charge is -2.40. The summed E-state index contributed by atoms with van der Waals surface area (Å²) in [5, 5.41) is 6.54. The molecule has 2 aromatic rings. The fourth-order valence-electron chi connectivity index (χ4n) is 5.45. The number of benzene rings is 2. The molecular formula is C24H28N2O2. The quantitative estimate of drug-likeness (QED) is 0.846. The van der Waals surface area contributed by atoms with Crippen molar-refractivity contribution < 1.29 is 9.59 Å². The van der Waals surface area contributed by atoms with E-state index in [2.05, 4.69) is 31.4 Å². The summed E-state index contributed by atoms with van der Waals surface area (Å²) in [7, 11) is 0. The first-order chi connectivity index (χ1) is 13.3. The highest BCUT2D eigenvalue weighted by Gasteiger charge is 2.66. The van der Waals surface area contributed by atoms with Crippen LogP contribution in [0.4, 0.5) is 0 Å². The van der Waals surface area contributed by atoms with Gasteiger partial charge in [-0.25, -0.2) is 0 Å². The second kappa shape index (κ2) is 6.77. The normalized spacial score (nSPS) is 30.0. The molecule has 2 aromatic carbocycles. The highest BCUT2D eigenvalue weighted by molar-refractivity contribution is 5.95. The Morgan fingerprint density at radius 1 is 0.821 bits per heavy atom. The molecule has 2 aliphatic carbocycles. The molecule has 2 saturated carbocycles. The Morgan fingerprint density at radius 2 is 1.32 bits per heavy atom. The van der Waals surface area contributed by atoms with Crippen LogP contribution in [-0.4, -0.2) is 23.9 Å². The Bertz CT molecular complexity index is 878. The maximum absolute atomic E-state index is 12.9. The van der Waals surface area contributed by atoms with Crippen molar-refractivity contribution in [3.05, 3.63) is 71.8 Å². The number of carbonyl (C=O) groups is 2. The van der Waals surface area contributed by atoms with Gasteiger partial charge in [-0.2, -0.15) is 0 Å². The van der Waals surface area contributed by atoms with Crippen LogP contribution >= 0.6 is 0 Å². The molecule has 4 atom stereocenters. The van der Waals surface area contributed by atoms with Crippen molar-refractivity contribution in [2.45, 2.75) is 45.7 Å². The van der Waals surface area contributed by atoms with Gasteiger partial charge in [-0.15, -0.1) is 0 Å². The number of hydrogen-bond donors (Lipinski definition) is 2. The summed E-state index contributed by atoms with van der Waals surface area (Å²) in [6.45, 7) is 6.82. The molecule has 0 unspecified atom stereocenters. The summed E-state index contributed by atoms with van der Waals surface area (Å²) in [6, 6.07) is 18.4. The Balaban J connectivity index is 1.62.